The molecule has 0 saturated carbocycles. The monoisotopic (exact) mass is 230 g/mol. The van der Waals surface area contributed by atoms with Crippen LogP contribution in [0.5, 0.6) is 0 Å². The smallest absolute Gasteiger partial charge is 0.123 e. The molecule has 0 atom stereocenters. The van der Waals surface area contributed by atoms with E-state index in [2.05, 4.69) is 38.1 Å². The molecule has 2 aromatic rings. The Balaban J connectivity index is 0.000000171. The van der Waals surface area contributed by atoms with Crippen LogP contribution in [0.1, 0.15) is 23.6 Å². The first-order valence-corrected chi connectivity index (χ1v) is 5.89. The minimum absolute atomic E-state index is 0.144. The average Bonchev–Trinajstić information content (AvgIpc) is 2.29. The Kier molecular flexibility index (Phi) is 5.41. The maximum absolute atomic E-state index is 12.4. The van der Waals surface area contributed by atoms with Crippen molar-refractivity contribution in [3.05, 3.63) is 71.0 Å². The van der Waals surface area contributed by atoms with Crippen LogP contribution in [0.3, 0.4) is 0 Å². The summed E-state index contributed by atoms with van der Waals surface area (Å²) in [5, 5.41) is 0. The van der Waals surface area contributed by atoms with Gasteiger partial charge in [0.1, 0.15) is 5.82 Å². The molecule has 0 fully saturated rings. The number of rotatable bonds is 1. The summed E-state index contributed by atoms with van der Waals surface area (Å²) >= 11 is 0. The maximum Gasteiger partial charge on any atom is 0.123 e. The molecule has 0 saturated heterocycles. The lowest BCUT2D eigenvalue weighted by Gasteiger charge is -1.92. The van der Waals surface area contributed by atoms with E-state index in [1.54, 1.807) is 12.1 Å². The van der Waals surface area contributed by atoms with Gasteiger partial charge in [0.15, 0.2) is 0 Å². The van der Waals surface area contributed by atoms with E-state index in [-0.39, 0.29) is 5.82 Å². The lowest BCUT2D eigenvalue weighted by atomic mass is 10.2. The van der Waals surface area contributed by atoms with Gasteiger partial charge in [0.2, 0.25) is 0 Å². The highest BCUT2D eigenvalue weighted by atomic mass is 19.1. The van der Waals surface area contributed by atoms with E-state index >= 15 is 0 Å². The van der Waals surface area contributed by atoms with E-state index in [4.69, 9.17) is 0 Å². The highest BCUT2D eigenvalue weighted by Gasteiger charge is 1.89. The van der Waals surface area contributed by atoms with Gasteiger partial charge < -0.3 is 0 Å². The van der Waals surface area contributed by atoms with Gasteiger partial charge in [-0.2, -0.15) is 0 Å². The Labute approximate surface area is 103 Å². The molecule has 2 aromatic carbocycles. The summed E-state index contributed by atoms with van der Waals surface area (Å²) in [4.78, 5) is 0. The highest BCUT2D eigenvalue weighted by Crippen LogP contribution is 2.02. The Morgan fingerprint density at radius 1 is 0.882 bits per heavy atom. The van der Waals surface area contributed by atoms with Crippen LogP contribution < -0.4 is 0 Å². The summed E-state index contributed by atoms with van der Waals surface area (Å²) in [5.74, 6) is -0.144. The molecule has 0 unspecified atom stereocenters. The van der Waals surface area contributed by atoms with E-state index in [0.29, 0.717) is 0 Å². The molecule has 17 heavy (non-hydrogen) atoms. The largest absolute Gasteiger partial charge is 0.207 e. The van der Waals surface area contributed by atoms with Crippen molar-refractivity contribution in [3.8, 4) is 0 Å². The molecule has 0 heterocycles. The average molecular weight is 230 g/mol. The van der Waals surface area contributed by atoms with Gasteiger partial charge in [-0.05, 0) is 38.0 Å². The fourth-order valence-corrected chi connectivity index (χ4v) is 1.56. The Morgan fingerprint density at radius 2 is 1.47 bits per heavy atom. The second-order valence-electron chi connectivity index (χ2n) is 4.14. The first-order chi connectivity index (χ1) is 8.11. The third kappa shape index (κ3) is 5.30. The molecule has 1 heteroatoms. The molecule has 90 valence electrons. The van der Waals surface area contributed by atoms with Gasteiger partial charge in [-0.3, -0.25) is 0 Å². The number of hydrogen-bond acceptors (Lipinski definition) is 0. The highest BCUT2D eigenvalue weighted by molar-refractivity contribution is 5.20. The molecule has 0 radical (unpaired) electrons. The predicted octanol–water partition coefficient (Wildman–Crippen LogP) is 4.69. The molecular formula is C16H19F. The zero-order valence-corrected chi connectivity index (χ0v) is 10.7. The van der Waals surface area contributed by atoms with Gasteiger partial charge in [-0.1, -0.05) is 54.4 Å². The third-order valence-electron chi connectivity index (χ3n) is 2.47. The van der Waals surface area contributed by atoms with Crippen molar-refractivity contribution in [2.45, 2.75) is 27.2 Å². The first kappa shape index (κ1) is 13.4. The minimum atomic E-state index is -0.144. The molecule has 0 aliphatic carbocycles. The fourth-order valence-electron chi connectivity index (χ4n) is 1.56. The number of halogens is 1. The summed E-state index contributed by atoms with van der Waals surface area (Å²) in [6, 6.07) is 15.1. The SMILES string of the molecule is CCc1cccc(F)c1.Cc1cccc(C)c1. The molecule has 0 aliphatic rings. The normalized spacial score (nSPS) is 9.41. The van der Waals surface area contributed by atoms with Gasteiger partial charge in [-0.25, -0.2) is 4.39 Å². The molecule has 0 N–H and O–H groups in total. The number of aryl methyl sites for hydroxylation is 3. The van der Waals surface area contributed by atoms with Crippen LogP contribution in [-0.2, 0) is 6.42 Å². The van der Waals surface area contributed by atoms with Crippen molar-refractivity contribution in [2.24, 2.45) is 0 Å². The Morgan fingerprint density at radius 3 is 1.82 bits per heavy atom. The number of benzene rings is 2. The standard InChI is InChI=1S/C8H9F.C8H10/c1-2-7-4-3-5-8(9)6-7;1-7-4-3-5-8(2)6-7/h3-6H,2H2,1H3;3-6H,1-2H3. The number of hydrogen-bond donors (Lipinski definition) is 0. The van der Waals surface area contributed by atoms with Crippen LogP contribution >= 0.6 is 0 Å². The summed E-state index contributed by atoms with van der Waals surface area (Å²) in [5.41, 5.74) is 3.73. The van der Waals surface area contributed by atoms with Crippen molar-refractivity contribution in [3.63, 3.8) is 0 Å². The van der Waals surface area contributed by atoms with Crippen molar-refractivity contribution >= 4 is 0 Å². The Hall–Kier alpha value is -1.63. The van der Waals surface area contributed by atoms with Crippen molar-refractivity contribution in [2.75, 3.05) is 0 Å². The third-order valence-corrected chi connectivity index (χ3v) is 2.47. The summed E-state index contributed by atoms with van der Waals surface area (Å²) in [6.07, 6.45) is 0.901. The lowest BCUT2D eigenvalue weighted by molar-refractivity contribution is 0.625. The first-order valence-electron chi connectivity index (χ1n) is 5.89. The van der Waals surface area contributed by atoms with Gasteiger partial charge >= 0.3 is 0 Å². The molecule has 0 nitrogen and oxygen atoms in total. The minimum Gasteiger partial charge on any atom is -0.207 e. The zero-order chi connectivity index (χ0) is 12.7. The maximum atomic E-state index is 12.4. The summed E-state index contributed by atoms with van der Waals surface area (Å²) < 4.78 is 12.4. The summed E-state index contributed by atoms with van der Waals surface area (Å²) in [7, 11) is 0. The fraction of sp³-hybridized carbons (Fsp3) is 0.250. The van der Waals surface area contributed by atoms with E-state index in [9.17, 15) is 4.39 Å². The van der Waals surface area contributed by atoms with E-state index in [1.807, 2.05) is 13.0 Å². The van der Waals surface area contributed by atoms with Gasteiger partial charge in [0.05, 0.1) is 0 Å². The Bertz CT molecular complexity index is 443. The van der Waals surface area contributed by atoms with E-state index in [1.165, 1.54) is 17.2 Å². The van der Waals surface area contributed by atoms with E-state index in [0.717, 1.165) is 12.0 Å². The summed E-state index contributed by atoms with van der Waals surface area (Å²) in [6.45, 7) is 6.22. The van der Waals surface area contributed by atoms with Crippen LogP contribution in [-0.4, -0.2) is 0 Å². The van der Waals surface area contributed by atoms with Gasteiger partial charge in [0.25, 0.3) is 0 Å². The quantitative estimate of drug-likeness (QED) is 0.666. The molecule has 0 amide bonds. The van der Waals surface area contributed by atoms with Crippen LogP contribution in [0.15, 0.2) is 48.5 Å². The van der Waals surface area contributed by atoms with Crippen LogP contribution in [0.4, 0.5) is 4.39 Å². The van der Waals surface area contributed by atoms with Crippen molar-refractivity contribution in [1.29, 1.82) is 0 Å². The molecule has 0 aliphatic heterocycles. The van der Waals surface area contributed by atoms with Gasteiger partial charge in [-0.15, -0.1) is 0 Å². The molecular weight excluding hydrogens is 211 g/mol. The van der Waals surface area contributed by atoms with Crippen LogP contribution in [0.25, 0.3) is 0 Å². The van der Waals surface area contributed by atoms with Crippen LogP contribution in [0.2, 0.25) is 0 Å². The topological polar surface area (TPSA) is 0 Å². The molecule has 2 rings (SSSR count). The van der Waals surface area contributed by atoms with Gasteiger partial charge in [0, 0.05) is 0 Å². The second-order valence-corrected chi connectivity index (χ2v) is 4.14. The van der Waals surface area contributed by atoms with Crippen LogP contribution in [0, 0.1) is 19.7 Å². The van der Waals surface area contributed by atoms with E-state index < -0.39 is 0 Å². The molecule has 0 spiro atoms. The van der Waals surface area contributed by atoms with Crippen molar-refractivity contribution < 1.29 is 4.39 Å². The molecule has 0 aromatic heterocycles. The van der Waals surface area contributed by atoms with Crippen molar-refractivity contribution in [1.82, 2.24) is 0 Å². The predicted molar refractivity (Wildman–Crippen MR) is 71.7 cm³/mol. The lowest BCUT2D eigenvalue weighted by Crippen LogP contribution is -1.79. The molecule has 0 bridgehead atoms. The second kappa shape index (κ2) is 6.85. The zero-order valence-electron chi connectivity index (χ0n) is 10.7.